The van der Waals surface area contributed by atoms with Crippen molar-refractivity contribution >= 4 is 5.82 Å². The summed E-state index contributed by atoms with van der Waals surface area (Å²) in [6.07, 6.45) is 2.87. The van der Waals surface area contributed by atoms with Crippen LogP contribution < -0.4 is 5.32 Å². The van der Waals surface area contributed by atoms with Crippen LogP contribution in [0.5, 0.6) is 0 Å². The number of likely N-dealkylation sites (tertiary alicyclic amines) is 1. The number of halogens is 3. The summed E-state index contributed by atoms with van der Waals surface area (Å²) in [7, 11) is 0. The lowest BCUT2D eigenvalue weighted by atomic mass is 10.0. The molecule has 2 fully saturated rings. The van der Waals surface area contributed by atoms with Crippen LogP contribution in [-0.4, -0.2) is 45.0 Å². The van der Waals surface area contributed by atoms with Crippen molar-refractivity contribution in [2.24, 2.45) is 0 Å². The molecule has 5 nitrogen and oxygen atoms in total. The van der Waals surface area contributed by atoms with E-state index in [1.165, 1.54) is 25.2 Å². The molecule has 1 N–H and O–H groups in total. The SMILES string of the molecule is FC(F)(F)c1cc(NC2CCN(C3CC3)CC2)nc(-c2ccncc2)n1. The molecule has 26 heavy (non-hydrogen) atoms. The van der Waals surface area contributed by atoms with E-state index in [1.807, 2.05) is 0 Å². The van der Waals surface area contributed by atoms with E-state index in [4.69, 9.17) is 0 Å². The average molecular weight is 363 g/mol. The molecule has 2 aliphatic rings. The lowest BCUT2D eigenvalue weighted by Crippen LogP contribution is -2.40. The highest BCUT2D eigenvalue weighted by Gasteiger charge is 2.35. The topological polar surface area (TPSA) is 53.9 Å². The average Bonchev–Trinajstić information content (AvgIpc) is 3.47. The summed E-state index contributed by atoms with van der Waals surface area (Å²) in [4.78, 5) is 14.4. The zero-order valence-electron chi connectivity index (χ0n) is 14.2. The fraction of sp³-hybridized carbons (Fsp3) is 0.500. The molecule has 4 rings (SSSR count). The first-order valence-electron chi connectivity index (χ1n) is 8.86. The molecule has 1 saturated heterocycles. The van der Waals surface area contributed by atoms with E-state index in [-0.39, 0.29) is 17.7 Å². The Morgan fingerprint density at radius 1 is 1.00 bits per heavy atom. The Bertz CT molecular complexity index is 753. The lowest BCUT2D eigenvalue weighted by molar-refractivity contribution is -0.141. The van der Waals surface area contributed by atoms with Gasteiger partial charge in [0.2, 0.25) is 0 Å². The van der Waals surface area contributed by atoms with E-state index in [0.29, 0.717) is 5.56 Å². The van der Waals surface area contributed by atoms with Crippen LogP contribution in [0.2, 0.25) is 0 Å². The van der Waals surface area contributed by atoms with E-state index in [9.17, 15) is 13.2 Å². The van der Waals surface area contributed by atoms with Crippen molar-refractivity contribution in [3.63, 3.8) is 0 Å². The van der Waals surface area contributed by atoms with Gasteiger partial charge in [-0.25, -0.2) is 9.97 Å². The van der Waals surface area contributed by atoms with Gasteiger partial charge in [0.05, 0.1) is 0 Å². The van der Waals surface area contributed by atoms with E-state index in [0.717, 1.165) is 38.0 Å². The van der Waals surface area contributed by atoms with Crippen LogP contribution in [0.25, 0.3) is 11.4 Å². The van der Waals surface area contributed by atoms with Crippen molar-refractivity contribution in [3.8, 4) is 11.4 Å². The predicted octanol–water partition coefficient (Wildman–Crippen LogP) is 3.60. The first kappa shape index (κ1) is 17.2. The van der Waals surface area contributed by atoms with Gasteiger partial charge >= 0.3 is 6.18 Å². The minimum atomic E-state index is -4.52. The molecule has 8 heteroatoms. The number of pyridine rings is 1. The quantitative estimate of drug-likeness (QED) is 0.900. The van der Waals surface area contributed by atoms with Crippen LogP contribution in [-0.2, 0) is 6.18 Å². The van der Waals surface area contributed by atoms with Gasteiger partial charge in [-0.2, -0.15) is 13.2 Å². The molecule has 0 bridgehead atoms. The third-order valence-electron chi connectivity index (χ3n) is 4.90. The van der Waals surface area contributed by atoms with Crippen molar-refractivity contribution in [2.75, 3.05) is 18.4 Å². The number of nitrogens with zero attached hydrogens (tertiary/aromatic N) is 4. The van der Waals surface area contributed by atoms with Crippen molar-refractivity contribution in [1.82, 2.24) is 19.9 Å². The molecule has 138 valence electrons. The molecule has 0 unspecified atom stereocenters. The number of hydrogen-bond donors (Lipinski definition) is 1. The molecule has 0 aromatic carbocycles. The lowest BCUT2D eigenvalue weighted by Gasteiger charge is -2.32. The van der Waals surface area contributed by atoms with Crippen LogP contribution in [0.3, 0.4) is 0 Å². The van der Waals surface area contributed by atoms with Crippen molar-refractivity contribution < 1.29 is 13.2 Å². The van der Waals surface area contributed by atoms with Crippen LogP contribution in [0, 0.1) is 0 Å². The molecule has 0 spiro atoms. The van der Waals surface area contributed by atoms with Gasteiger partial charge < -0.3 is 10.2 Å². The minimum absolute atomic E-state index is 0.0557. The predicted molar refractivity (Wildman–Crippen MR) is 91.5 cm³/mol. The number of aromatic nitrogens is 3. The molecular weight excluding hydrogens is 343 g/mol. The number of nitrogens with one attached hydrogen (secondary N) is 1. The summed E-state index contributed by atoms with van der Waals surface area (Å²) in [5, 5.41) is 3.19. The highest BCUT2D eigenvalue weighted by Crippen LogP contribution is 2.32. The smallest absolute Gasteiger partial charge is 0.367 e. The summed E-state index contributed by atoms with van der Waals surface area (Å²) < 4.78 is 39.8. The number of alkyl halides is 3. The van der Waals surface area contributed by atoms with Crippen LogP contribution >= 0.6 is 0 Å². The van der Waals surface area contributed by atoms with Crippen molar-refractivity contribution in [3.05, 3.63) is 36.3 Å². The summed E-state index contributed by atoms with van der Waals surface area (Å²) in [5.41, 5.74) is -0.421. The largest absolute Gasteiger partial charge is 0.433 e. The fourth-order valence-electron chi connectivity index (χ4n) is 3.35. The summed E-state index contributed by atoms with van der Waals surface area (Å²) in [5.74, 6) is 0.282. The van der Waals surface area contributed by atoms with E-state index in [1.54, 1.807) is 12.1 Å². The van der Waals surface area contributed by atoms with Gasteiger partial charge in [-0.3, -0.25) is 4.98 Å². The van der Waals surface area contributed by atoms with Crippen LogP contribution in [0.4, 0.5) is 19.0 Å². The molecule has 2 aromatic heterocycles. The molecule has 0 amide bonds. The number of hydrogen-bond acceptors (Lipinski definition) is 5. The molecule has 0 radical (unpaired) electrons. The number of piperidine rings is 1. The normalized spacial score (nSPS) is 19.5. The van der Waals surface area contributed by atoms with Gasteiger partial charge in [-0.1, -0.05) is 0 Å². The highest BCUT2D eigenvalue weighted by atomic mass is 19.4. The Balaban J connectivity index is 1.55. The summed E-state index contributed by atoms with van der Waals surface area (Å²) in [6.45, 7) is 1.97. The fourth-order valence-corrected chi connectivity index (χ4v) is 3.35. The van der Waals surface area contributed by atoms with Crippen molar-refractivity contribution in [1.29, 1.82) is 0 Å². The Morgan fingerprint density at radius 3 is 2.31 bits per heavy atom. The monoisotopic (exact) mass is 363 g/mol. The third-order valence-corrected chi connectivity index (χ3v) is 4.90. The third kappa shape index (κ3) is 3.95. The number of rotatable bonds is 4. The summed E-state index contributed by atoms with van der Waals surface area (Å²) in [6, 6.07) is 5.06. The molecular formula is C18H20F3N5. The first-order valence-corrected chi connectivity index (χ1v) is 8.86. The zero-order valence-corrected chi connectivity index (χ0v) is 14.2. The molecule has 1 aliphatic carbocycles. The van der Waals surface area contributed by atoms with E-state index in [2.05, 4.69) is 25.2 Å². The Labute approximate surface area is 149 Å². The first-order chi connectivity index (χ1) is 12.5. The van der Waals surface area contributed by atoms with Crippen LogP contribution in [0.15, 0.2) is 30.6 Å². The van der Waals surface area contributed by atoms with Gasteiger partial charge in [0.25, 0.3) is 0 Å². The van der Waals surface area contributed by atoms with Gasteiger partial charge in [0, 0.05) is 49.2 Å². The zero-order chi connectivity index (χ0) is 18.1. The van der Waals surface area contributed by atoms with Crippen molar-refractivity contribution in [2.45, 2.75) is 43.9 Å². The Hall–Kier alpha value is -2.22. The minimum Gasteiger partial charge on any atom is -0.367 e. The molecule has 0 atom stereocenters. The van der Waals surface area contributed by atoms with Gasteiger partial charge in [-0.15, -0.1) is 0 Å². The second kappa shape index (κ2) is 6.83. The Morgan fingerprint density at radius 2 is 1.69 bits per heavy atom. The highest BCUT2D eigenvalue weighted by molar-refractivity contribution is 5.57. The maximum absolute atomic E-state index is 13.3. The maximum atomic E-state index is 13.3. The molecule has 2 aromatic rings. The molecule has 1 saturated carbocycles. The maximum Gasteiger partial charge on any atom is 0.433 e. The Kier molecular flexibility index (Phi) is 4.52. The number of anilines is 1. The standard InChI is InChI=1S/C18H20F3N5/c19-18(20,21)15-11-16(25-17(24-15)12-3-7-22-8-4-12)23-13-5-9-26(10-6-13)14-1-2-14/h3-4,7-8,11,13-14H,1-2,5-6,9-10H2,(H,23,24,25). The van der Waals surface area contributed by atoms with Gasteiger partial charge in [0.1, 0.15) is 5.82 Å². The molecule has 1 aliphatic heterocycles. The van der Waals surface area contributed by atoms with E-state index >= 15 is 0 Å². The molecule has 3 heterocycles. The van der Waals surface area contributed by atoms with Crippen LogP contribution in [0.1, 0.15) is 31.4 Å². The van der Waals surface area contributed by atoms with Gasteiger partial charge in [0.15, 0.2) is 11.5 Å². The second-order valence-corrected chi connectivity index (χ2v) is 6.88. The summed E-state index contributed by atoms with van der Waals surface area (Å²) >= 11 is 0. The second-order valence-electron chi connectivity index (χ2n) is 6.88. The van der Waals surface area contributed by atoms with E-state index < -0.39 is 11.9 Å². The van der Waals surface area contributed by atoms with Gasteiger partial charge in [-0.05, 0) is 37.8 Å².